The number of nitrogens with zero attached hydrogens (tertiary/aromatic N) is 3. The molecule has 0 aliphatic rings. The van der Waals surface area contributed by atoms with Crippen LogP contribution in [0, 0.1) is 12.8 Å². The van der Waals surface area contributed by atoms with Crippen molar-refractivity contribution in [2.45, 2.75) is 46.7 Å². The third kappa shape index (κ3) is 6.75. The van der Waals surface area contributed by atoms with Crippen molar-refractivity contribution in [3.05, 3.63) is 93.7 Å². The summed E-state index contributed by atoms with van der Waals surface area (Å²) in [7, 11) is 0. The fourth-order valence-corrected chi connectivity index (χ4v) is 5.28. The van der Waals surface area contributed by atoms with E-state index in [4.69, 9.17) is 10.7 Å². The van der Waals surface area contributed by atoms with Crippen molar-refractivity contribution < 1.29 is 9.59 Å². The Morgan fingerprint density at radius 3 is 2.49 bits per heavy atom. The molecule has 3 N–H and O–H groups in total. The van der Waals surface area contributed by atoms with Crippen molar-refractivity contribution in [1.82, 2.24) is 14.5 Å². The maximum absolute atomic E-state index is 14.0. The second-order valence-electron chi connectivity index (χ2n) is 10.3. The number of halogens is 1. The van der Waals surface area contributed by atoms with Gasteiger partial charge < -0.3 is 20.5 Å². The van der Waals surface area contributed by atoms with Gasteiger partial charge in [-0.15, -0.1) is 0 Å². The van der Waals surface area contributed by atoms with E-state index >= 15 is 0 Å². The van der Waals surface area contributed by atoms with E-state index in [-0.39, 0.29) is 23.8 Å². The Bertz CT molecular complexity index is 1460. The quantitative estimate of drug-likeness (QED) is 0.227. The standard InChI is InChI=1S/C31H36BrN5O2/c1-20(2)29(36(16-6-15-33)31(39)24-11-9-21(3)10-12-24)30-35-27-18-25(32)13-14-28(27)37(30)19-23-7-5-8-26(17-23)34-22(4)38/h5,7-14,17-18,20,29H,6,15-16,19,33H2,1-4H3,(H,34,38). The highest BCUT2D eigenvalue weighted by Crippen LogP contribution is 2.34. The van der Waals surface area contributed by atoms with Crippen LogP contribution in [0.25, 0.3) is 11.0 Å². The van der Waals surface area contributed by atoms with Crippen molar-refractivity contribution >= 4 is 44.5 Å². The smallest absolute Gasteiger partial charge is 0.254 e. The normalized spacial score (nSPS) is 12.1. The maximum atomic E-state index is 14.0. The lowest BCUT2D eigenvalue weighted by molar-refractivity contribution is -0.114. The Hall–Kier alpha value is -3.49. The molecule has 0 aliphatic heterocycles. The summed E-state index contributed by atoms with van der Waals surface area (Å²) in [4.78, 5) is 32.7. The number of rotatable bonds is 10. The van der Waals surface area contributed by atoms with E-state index in [1.807, 2.05) is 72.5 Å². The van der Waals surface area contributed by atoms with Gasteiger partial charge in [-0.1, -0.05) is 59.6 Å². The topological polar surface area (TPSA) is 93.3 Å². The molecule has 4 aromatic rings. The highest BCUT2D eigenvalue weighted by atomic mass is 79.9. The van der Waals surface area contributed by atoms with Crippen LogP contribution in [0.15, 0.2) is 71.2 Å². The van der Waals surface area contributed by atoms with Crippen molar-refractivity contribution in [2.75, 3.05) is 18.4 Å². The lowest BCUT2D eigenvalue weighted by Gasteiger charge is -2.34. The second-order valence-corrected chi connectivity index (χ2v) is 11.2. The number of fused-ring (bicyclic) bond motifs is 1. The van der Waals surface area contributed by atoms with E-state index in [0.717, 1.165) is 38.1 Å². The van der Waals surface area contributed by atoms with Gasteiger partial charge in [0, 0.05) is 35.7 Å². The predicted octanol–water partition coefficient (Wildman–Crippen LogP) is 6.30. The van der Waals surface area contributed by atoms with Crippen LogP contribution in [0.5, 0.6) is 0 Å². The summed E-state index contributed by atoms with van der Waals surface area (Å²) in [5.74, 6) is 0.757. The van der Waals surface area contributed by atoms with Crippen LogP contribution in [0.4, 0.5) is 5.69 Å². The molecule has 0 aliphatic carbocycles. The zero-order valence-corrected chi connectivity index (χ0v) is 24.5. The minimum atomic E-state index is -0.282. The third-order valence-corrected chi connectivity index (χ3v) is 7.22. The molecule has 1 aromatic heterocycles. The summed E-state index contributed by atoms with van der Waals surface area (Å²) in [5.41, 5.74) is 11.3. The molecule has 7 nitrogen and oxygen atoms in total. The number of benzene rings is 3. The molecule has 0 fully saturated rings. The molecule has 39 heavy (non-hydrogen) atoms. The number of nitrogens with two attached hydrogens (primary N) is 1. The summed E-state index contributed by atoms with van der Waals surface area (Å²) in [5, 5.41) is 2.87. The molecule has 1 atom stereocenters. The molecule has 0 saturated heterocycles. The summed E-state index contributed by atoms with van der Waals surface area (Å²) in [6.45, 7) is 9.31. The molecule has 0 bridgehead atoms. The maximum Gasteiger partial charge on any atom is 0.254 e. The van der Waals surface area contributed by atoms with Crippen molar-refractivity contribution in [1.29, 1.82) is 0 Å². The molecule has 0 radical (unpaired) electrons. The fraction of sp³-hybridized carbons (Fsp3) is 0.323. The Labute approximate surface area is 238 Å². The molecule has 0 spiro atoms. The van der Waals surface area contributed by atoms with Gasteiger partial charge in [0.25, 0.3) is 5.91 Å². The van der Waals surface area contributed by atoms with E-state index in [1.54, 1.807) is 0 Å². The van der Waals surface area contributed by atoms with Gasteiger partial charge in [0.15, 0.2) is 0 Å². The fourth-order valence-electron chi connectivity index (χ4n) is 4.93. The molecule has 0 saturated carbocycles. The van der Waals surface area contributed by atoms with Gasteiger partial charge in [0.2, 0.25) is 5.91 Å². The van der Waals surface area contributed by atoms with Crippen LogP contribution in [0.3, 0.4) is 0 Å². The zero-order chi connectivity index (χ0) is 28.1. The lowest BCUT2D eigenvalue weighted by Crippen LogP contribution is -2.40. The van der Waals surface area contributed by atoms with Crippen molar-refractivity contribution in [3.63, 3.8) is 0 Å². The largest absolute Gasteiger partial charge is 0.330 e. The monoisotopic (exact) mass is 589 g/mol. The second kappa shape index (κ2) is 12.6. The minimum Gasteiger partial charge on any atom is -0.330 e. The number of carbonyl (C=O) groups is 2. The Kier molecular flexibility index (Phi) is 9.20. The molecule has 2 amide bonds. The zero-order valence-electron chi connectivity index (χ0n) is 22.9. The van der Waals surface area contributed by atoms with E-state index in [0.29, 0.717) is 31.6 Å². The molecule has 204 valence electrons. The summed E-state index contributed by atoms with van der Waals surface area (Å²) in [6, 6.07) is 21.3. The number of hydrogen-bond donors (Lipinski definition) is 2. The van der Waals surface area contributed by atoms with Crippen LogP contribution < -0.4 is 11.1 Å². The first kappa shape index (κ1) is 28.5. The molecule has 8 heteroatoms. The molecule has 3 aromatic carbocycles. The van der Waals surface area contributed by atoms with E-state index in [2.05, 4.69) is 45.7 Å². The summed E-state index contributed by atoms with van der Waals surface area (Å²) >= 11 is 3.59. The minimum absolute atomic E-state index is 0.0328. The van der Waals surface area contributed by atoms with Crippen LogP contribution in [0.2, 0.25) is 0 Å². The van der Waals surface area contributed by atoms with E-state index in [1.165, 1.54) is 6.92 Å². The third-order valence-electron chi connectivity index (χ3n) is 6.72. The highest BCUT2D eigenvalue weighted by molar-refractivity contribution is 9.10. The van der Waals surface area contributed by atoms with Gasteiger partial charge in [-0.25, -0.2) is 4.98 Å². The SMILES string of the molecule is CC(=O)Nc1cccc(Cn2c(C(C(C)C)N(CCCN)C(=O)c3ccc(C)cc3)nc3cc(Br)ccc32)c1. The lowest BCUT2D eigenvalue weighted by atomic mass is 9.99. The van der Waals surface area contributed by atoms with Crippen LogP contribution in [-0.4, -0.2) is 39.4 Å². The Morgan fingerprint density at radius 1 is 1.08 bits per heavy atom. The van der Waals surface area contributed by atoms with Gasteiger partial charge >= 0.3 is 0 Å². The number of aromatic nitrogens is 2. The first-order chi connectivity index (χ1) is 18.7. The van der Waals surface area contributed by atoms with Gasteiger partial charge in [-0.3, -0.25) is 9.59 Å². The first-order valence-electron chi connectivity index (χ1n) is 13.3. The van der Waals surface area contributed by atoms with Gasteiger partial charge in [0.05, 0.1) is 17.1 Å². The number of amides is 2. The molecule has 4 rings (SSSR count). The first-order valence-corrected chi connectivity index (χ1v) is 14.1. The van der Waals surface area contributed by atoms with Crippen molar-refractivity contribution in [3.8, 4) is 0 Å². The van der Waals surface area contributed by atoms with Gasteiger partial charge in [0.1, 0.15) is 5.82 Å². The van der Waals surface area contributed by atoms with Crippen molar-refractivity contribution in [2.24, 2.45) is 11.7 Å². The molecular formula is C31H36BrN5O2. The number of aryl methyl sites for hydroxylation is 1. The van der Waals surface area contributed by atoms with Crippen LogP contribution in [-0.2, 0) is 11.3 Å². The molecule has 1 unspecified atom stereocenters. The number of carbonyl (C=O) groups excluding carboxylic acids is 2. The number of nitrogens with one attached hydrogen (secondary N) is 1. The molecule has 1 heterocycles. The highest BCUT2D eigenvalue weighted by Gasteiger charge is 2.32. The number of imidazole rings is 1. The van der Waals surface area contributed by atoms with E-state index < -0.39 is 0 Å². The summed E-state index contributed by atoms with van der Waals surface area (Å²) < 4.78 is 3.13. The van der Waals surface area contributed by atoms with Crippen LogP contribution in [0.1, 0.15) is 60.5 Å². The van der Waals surface area contributed by atoms with Gasteiger partial charge in [-0.2, -0.15) is 0 Å². The summed E-state index contributed by atoms with van der Waals surface area (Å²) in [6.07, 6.45) is 0.686. The molecular weight excluding hydrogens is 554 g/mol. The van der Waals surface area contributed by atoms with Gasteiger partial charge in [-0.05, 0) is 73.8 Å². The predicted molar refractivity (Wildman–Crippen MR) is 161 cm³/mol. The average molecular weight is 591 g/mol. The Balaban J connectivity index is 1.84. The number of hydrogen-bond acceptors (Lipinski definition) is 4. The Morgan fingerprint density at radius 2 is 1.82 bits per heavy atom. The number of anilines is 1. The van der Waals surface area contributed by atoms with E-state index in [9.17, 15) is 9.59 Å². The average Bonchev–Trinajstić information content (AvgIpc) is 3.22. The van der Waals surface area contributed by atoms with Crippen LogP contribution >= 0.6 is 15.9 Å².